The van der Waals surface area contributed by atoms with Crippen LogP contribution in [0.15, 0.2) is 24.3 Å². The molecule has 0 bridgehead atoms. The Labute approximate surface area is 123 Å². The summed E-state index contributed by atoms with van der Waals surface area (Å²) >= 11 is 0. The molecule has 2 heterocycles. The minimum atomic E-state index is -0.893. The number of hydrazine groups is 1. The molecular weight excluding hydrogens is 270 g/mol. The number of piperidine rings is 1. The molecule has 0 saturated carbocycles. The first-order valence-electron chi connectivity index (χ1n) is 7.31. The molecule has 1 saturated heterocycles. The number of hydrogen-bond donors (Lipinski definition) is 2. The lowest BCUT2D eigenvalue weighted by Crippen LogP contribution is -2.50. The number of amides is 2. The molecule has 1 atom stereocenters. The third kappa shape index (κ3) is 2.71. The van der Waals surface area contributed by atoms with Gasteiger partial charge in [0.25, 0.3) is 0 Å². The van der Waals surface area contributed by atoms with Crippen LogP contribution in [-0.2, 0) is 4.79 Å². The van der Waals surface area contributed by atoms with Crippen molar-refractivity contribution in [1.29, 1.82) is 0 Å². The zero-order valence-corrected chi connectivity index (χ0v) is 11.8. The summed E-state index contributed by atoms with van der Waals surface area (Å²) in [5.74, 6) is -1.54. The van der Waals surface area contributed by atoms with Gasteiger partial charge in [-0.2, -0.15) is 0 Å². The number of hydrogen-bond acceptors (Lipinski definition) is 3. The number of urea groups is 1. The van der Waals surface area contributed by atoms with Crippen molar-refractivity contribution in [3.63, 3.8) is 0 Å². The monoisotopic (exact) mass is 289 g/mol. The topological polar surface area (TPSA) is 72.9 Å². The highest BCUT2D eigenvalue weighted by Crippen LogP contribution is 2.36. The zero-order valence-electron chi connectivity index (χ0n) is 11.8. The number of carboxylic acids is 1. The third-order valence-electron chi connectivity index (χ3n) is 4.12. The van der Waals surface area contributed by atoms with Gasteiger partial charge in [-0.3, -0.25) is 15.1 Å². The van der Waals surface area contributed by atoms with E-state index >= 15 is 0 Å². The van der Waals surface area contributed by atoms with E-state index in [1.165, 1.54) is 11.3 Å². The van der Waals surface area contributed by atoms with Gasteiger partial charge < -0.3 is 5.11 Å². The number of anilines is 1. The molecule has 0 radical (unpaired) electrons. The van der Waals surface area contributed by atoms with E-state index in [1.54, 1.807) is 18.2 Å². The molecule has 112 valence electrons. The summed E-state index contributed by atoms with van der Waals surface area (Å²) in [6.07, 6.45) is 3.35. The fourth-order valence-electron chi connectivity index (χ4n) is 3.01. The normalized spacial score (nSPS) is 21.9. The number of carbonyl (C=O) groups is 2. The molecule has 6 nitrogen and oxygen atoms in total. The molecule has 2 aliphatic heterocycles. The van der Waals surface area contributed by atoms with Gasteiger partial charge in [0.2, 0.25) is 0 Å². The molecule has 0 aromatic heterocycles. The summed E-state index contributed by atoms with van der Waals surface area (Å²) in [4.78, 5) is 25.3. The van der Waals surface area contributed by atoms with Crippen molar-refractivity contribution in [2.24, 2.45) is 0 Å². The molecule has 1 aromatic rings. The molecule has 1 fully saturated rings. The fourth-order valence-corrected chi connectivity index (χ4v) is 3.01. The van der Waals surface area contributed by atoms with Crippen LogP contribution in [0.4, 0.5) is 10.5 Å². The molecule has 21 heavy (non-hydrogen) atoms. The van der Waals surface area contributed by atoms with Crippen LogP contribution in [0, 0.1) is 0 Å². The maximum Gasteiger partial charge on any atom is 0.336 e. The van der Waals surface area contributed by atoms with E-state index in [0.717, 1.165) is 25.9 Å². The van der Waals surface area contributed by atoms with Crippen molar-refractivity contribution < 1.29 is 14.7 Å². The molecule has 0 spiro atoms. The number of carbonyl (C=O) groups excluding carboxylic acids is 1. The highest BCUT2D eigenvalue weighted by molar-refractivity contribution is 5.97. The van der Waals surface area contributed by atoms with Gasteiger partial charge in [0.05, 0.1) is 0 Å². The summed E-state index contributed by atoms with van der Waals surface area (Å²) in [6, 6.07) is 6.97. The second kappa shape index (κ2) is 5.73. The quantitative estimate of drug-likeness (QED) is 0.870. The van der Waals surface area contributed by atoms with E-state index in [-0.39, 0.29) is 12.6 Å². The van der Waals surface area contributed by atoms with Crippen molar-refractivity contribution in [3.05, 3.63) is 29.8 Å². The molecule has 1 aromatic carbocycles. The van der Waals surface area contributed by atoms with Crippen LogP contribution in [0.1, 0.15) is 30.7 Å². The first-order chi connectivity index (χ1) is 10.2. The van der Waals surface area contributed by atoms with Gasteiger partial charge in [-0.15, -0.1) is 0 Å². The van der Waals surface area contributed by atoms with Gasteiger partial charge in [0, 0.05) is 25.3 Å². The van der Waals surface area contributed by atoms with Crippen molar-refractivity contribution in [2.75, 3.05) is 24.5 Å². The lowest BCUT2D eigenvalue weighted by molar-refractivity contribution is -0.138. The van der Waals surface area contributed by atoms with Crippen LogP contribution >= 0.6 is 0 Å². The summed E-state index contributed by atoms with van der Waals surface area (Å²) in [7, 11) is 0. The smallest absolute Gasteiger partial charge is 0.336 e. The molecule has 2 aliphatic rings. The fraction of sp³-hybridized carbons (Fsp3) is 0.467. The average Bonchev–Trinajstić information content (AvgIpc) is 2.88. The molecule has 2 N–H and O–H groups in total. The van der Waals surface area contributed by atoms with E-state index in [4.69, 9.17) is 0 Å². The standard InChI is InChI=1S/C15H19N3O3/c19-14(20)12-10-18(13-7-3-2-6-11(12)13)15(21)16-17-8-4-1-5-9-17/h2-3,6-7,12H,1,4-5,8-10H2,(H,16,21)(H,19,20). The van der Waals surface area contributed by atoms with Crippen LogP contribution in [0.5, 0.6) is 0 Å². The van der Waals surface area contributed by atoms with Crippen molar-refractivity contribution in [1.82, 2.24) is 10.4 Å². The average molecular weight is 289 g/mol. The Morgan fingerprint density at radius 2 is 1.86 bits per heavy atom. The molecular formula is C15H19N3O3. The van der Waals surface area contributed by atoms with Crippen molar-refractivity contribution in [2.45, 2.75) is 25.2 Å². The Morgan fingerprint density at radius 3 is 2.57 bits per heavy atom. The molecule has 0 aliphatic carbocycles. The number of nitrogens with zero attached hydrogens (tertiary/aromatic N) is 2. The van der Waals surface area contributed by atoms with Crippen LogP contribution in [0.2, 0.25) is 0 Å². The second-order valence-corrected chi connectivity index (χ2v) is 5.52. The predicted molar refractivity (Wildman–Crippen MR) is 78.1 cm³/mol. The van der Waals surface area contributed by atoms with Gasteiger partial charge in [0.15, 0.2) is 0 Å². The lowest BCUT2D eigenvalue weighted by Gasteiger charge is -2.29. The number of rotatable bonds is 2. The molecule has 1 unspecified atom stereocenters. The Kier molecular flexibility index (Phi) is 3.79. The number of nitrogens with one attached hydrogen (secondary N) is 1. The van der Waals surface area contributed by atoms with Crippen LogP contribution in [0.25, 0.3) is 0 Å². The lowest BCUT2D eigenvalue weighted by atomic mass is 10.0. The number of fused-ring (bicyclic) bond motifs is 1. The van der Waals surface area contributed by atoms with Crippen LogP contribution in [0.3, 0.4) is 0 Å². The van der Waals surface area contributed by atoms with Crippen LogP contribution < -0.4 is 10.3 Å². The largest absolute Gasteiger partial charge is 0.481 e. The second-order valence-electron chi connectivity index (χ2n) is 5.52. The summed E-state index contributed by atoms with van der Waals surface area (Å²) in [5, 5.41) is 11.2. The minimum absolute atomic E-state index is 0.189. The highest BCUT2D eigenvalue weighted by Gasteiger charge is 2.36. The van der Waals surface area contributed by atoms with Gasteiger partial charge in [-0.1, -0.05) is 24.6 Å². The van der Waals surface area contributed by atoms with Gasteiger partial charge in [0.1, 0.15) is 5.92 Å². The van der Waals surface area contributed by atoms with E-state index < -0.39 is 11.9 Å². The Hall–Kier alpha value is -2.08. The Morgan fingerprint density at radius 1 is 1.14 bits per heavy atom. The van der Waals surface area contributed by atoms with Gasteiger partial charge >= 0.3 is 12.0 Å². The minimum Gasteiger partial charge on any atom is -0.481 e. The molecule has 6 heteroatoms. The number of aliphatic carboxylic acids is 1. The Balaban J connectivity index is 1.76. The van der Waals surface area contributed by atoms with Crippen LogP contribution in [-0.4, -0.2) is 41.8 Å². The highest BCUT2D eigenvalue weighted by atomic mass is 16.4. The third-order valence-corrected chi connectivity index (χ3v) is 4.12. The SMILES string of the molecule is O=C(O)C1CN(C(=O)NN2CCCCC2)c2ccccc21. The van der Waals surface area contributed by atoms with E-state index in [2.05, 4.69) is 5.43 Å². The van der Waals surface area contributed by atoms with Gasteiger partial charge in [-0.05, 0) is 24.5 Å². The first-order valence-corrected chi connectivity index (χ1v) is 7.31. The Bertz CT molecular complexity index is 555. The van der Waals surface area contributed by atoms with Crippen molar-refractivity contribution in [3.8, 4) is 0 Å². The van der Waals surface area contributed by atoms with E-state index in [0.29, 0.717) is 11.3 Å². The maximum absolute atomic E-state index is 12.4. The number of benzene rings is 1. The van der Waals surface area contributed by atoms with E-state index in [9.17, 15) is 14.7 Å². The summed E-state index contributed by atoms with van der Waals surface area (Å²) < 4.78 is 0. The predicted octanol–water partition coefficient (Wildman–Crippen LogP) is 1.79. The first kappa shape index (κ1) is 13.9. The molecule has 3 rings (SSSR count). The summed E-state index contributed by atoms with van der Waals surface area (Å²) in [5.41, 5.74) is 4.29. The number of para-hydroxylation sites is 1. The summed E-state index contributed by atoms with van der Waals surface area (Å²) in [6.45, 7) is 1.89. The van der Waals surface area contributed by atoms with Crippen molar-refractivity contribution >= 4 is 17.7 Å². The molecule has 2 amide bonds. The van der Waals surface area contributed by atoms with E-state index in [1.807, 2.05) is 11.1 Å². The maximum atomic E-state index is 12.4. The number of carboxylic acid groups (broad SMARTS) is 1. The zero-order chi connectivity index (χ0) is 14.8. The van der Waals surface area contributed by atoms with Gasteiger partial charge in [-0.25, -0.2) is 9.80 Å².